The first-order valence-corrected chi connectivity index (χ1v) is 9.22. The molecule has 1 N–H and O–H groups in total. The van der Waals surface area contributed by atoms with Gasteiger partial charge in [-0.3, -0.25) is 9.59 Å². The highest BCUT2D eigenvalue weighted by molar-refractivity contribution is 6.07. The highest BCUT2D eigenvalue weighted by Crippen LogP contribution is 2.31. The Morgan fingerprint density at radius 3 is 2.71 bits per heavy atom. The summed E-state index contributed by atoms with van der Waals surface area (Å²) >= 11 is 0. The van der Waals surface area contributed by atoms with Crippen LogP contribution in [0.4, 0.5) is 11.4 Å². The fraction of sp³-hybridized carbons (Fsp3) is 0.130. The van der Waals surface area contributed by atoms with Crippen LogP contribution in [0.5, 0.6) is 0 Å². The minimum absolute atomic E-state index is 0.0233. The number of rotatable bonds is 4. The molecule has 1 aliphatic rings. The third-order valence-corrected chi connectivity index (χ3v) is 4.71. The lowest BCUT2D eigenvalue weighted by Crippen LogP contribution is -2.35. The van der Waals surface area contributed by atoms with E-state index in [1.165, 1.54) is 6.08 Å². The van der Waals surface area contributed by atoms with Gasteiger partial charge in [0.1, 0.15) is 0 Å². The predicted octanol–water partition coefficient (Wildman–Crippen LogP) is 4.52. The van der Waals surface area contributed by atoms with Crippen LogP contribution in [0, 0.1) is 0 Å². The zero-order valence-corrected chi connectivity index (χ0v) is 15.3. The fourth-order valence-electron chi connectivity index (χ4n) is 3.33. The normalized spacial score (nSPS) is 13.4. The maximum atomic E-state index is 12.9. The van der Waals surface area contributed by atoms with Crippen molar-refractivity contribution in [2.24, 2.45) is 0 Å². The molecule has 2 aromatic carbocycles. The molecule has 4 rings (SSSR count). The molecule has 2 heterocycles. The Morgan fingerprint density at radius 1 is 1.07 bits per heavy atom. The molecule has 1 aromatic heterocycles. The zero-order chi connectivity index (χ0) is 19.3. The minimum Gasteiger partial charge on any atom is -0.472 e. The van der Waals surface area contributed by atoms with Gasteiger partial charge in [0.25, 0.3) is 5.91 Å². The van der Waals surface area contributed by atoms with Gasteiger partial charge in [0.15, 0.2) is 0 Å². The summed E-state index contributed by atoms with van der Waals surface area (Å²) in [5.41, 5.74) is 4.11. The van der Waals surface area contributed by atoms with Gasteiger partial charge in [-0.25, -0.2) is 0 Å². The number of hydrogen-bond acceptors (Lipinski definition) is 3. The molecular weight excluding hydrogens is 352 g/mol. The standard InChI is InChI=1S/C23H20N2O3/c26-22(11-8-17-12-14-28-16-17)24-20-10-9-18-7-4-13-25(21(18)15-20)23(27)19-5-2-1-3-6-19/h1-3,5-6,8-12,14-16H,4,7,13H2,(H,24,26). The number of furan rings is 1. The Balaban J connectivity index is 1.54. The Hall–Kier alpha value is -3.60. The maximum Gasteiger partial charge on any atom is 0.258 e. The monoisotopic (exact) mass is 372 g/mol. The number of benzene rings is 2. The van der Waals surface area contributed by atoms with Crippen LogP contribution in [-0.2, 0) is 11.2 Å². The van der Waals surface area contributed by atoms with Crippen LogP contribution in [0.3, 0.4) is 0 Å². The van der Waals surface area contributed by atoms with E-state index in [4.69, 9.17) is 4.42 Å². The van der Waals surface area contributed by atoms with E-state index in [-0.39, 0.29) is 11.8 Å². The molecule has 0 spiro atoms. The molecule has 3 aromatic rings. The molecule has 1 aliphatic heterocycles. The van der Waals surface area contributed by atoms with Crippen molar-refractivity contribution in [3.8, 4) is 0 Å². The molecule has 0 radical (unpaired) electrons. The topological polar surface area (TPSA) is 62.6 Å². The van der Waals surface area contributed by atoms with E-state index in [0.29, 0.717) is 17.8 Å². The second kappa shape index (κ2) is 7.96. The second-order valence-electron chi connectivity index (χ2n) is 6.65. The van der Waals surface area contributed by atoms with Gasteiger partial charge in [0, 0.05) is 35.1 Å². The Morgan fingerprint density at radius 2 is 1.93 bits per heavy atom. The van der Waals surface area contributed by atoms with Crippen LogP contribution in [0.1, 0.15) is 27.9 Å². The largest absolute Gasteiger partial charge is 0.472 e. The Labute approximate surface area is 163 Å². The van der Waals surface area contributed by atoms with Gasteiger partial charge in [-0.15, -0.1) is 0 Å². The van der Waals surface area contributed by atoms with E-state index in [0.717, 1.165) is 29.7 Å². The molecule has 0 unspecified atom stereocenters. The number of anilines is 2. The fourth-order valence-corrected chi connectivity index (χ4v) is 3.33. The van der Waals surface area contributed by atoms with E-state index in [1.54, 1.807) is 29.6 Å². The first-order valence-electron chi connectivity index (χ1n) is 9.22. The van der Waals surface area contributed by atoms with Crippen molar-refractivity contribution in [1.29, 1.82) is 0 Å². The predicted molar refractivity (Wildman–Crippen MR) is 109 cm³/mol. The van der Waals surface area contributed by atoms with Gasteiger partial charge in [-0.1, -0.05) is 24.3 Å². The van der Waals surface area contributed by atoms with Crippen LogP contribution in [-0.4, -0.2) is 18.4 Å². The van der Waals surface area contributed by atoms with Crippen LogP contribution < -0.4 is 10.2 Å². The molecule has 0 aliphatic carbocycles. The number of carbonyl (C=O) groups excluding carboxylic acids is 2. The summed E-state index contributed by atoms with van der Waals surface area (Å²) in [7, 11) is 0. The summed E-state index contributed by atoms with van der Waals surface area (Å²) in [6.07, 6.45) is 8.10. The van der Waals surface area contributed by atoms with E-state index in [9.17, 15) is 9.59 Å². The summed E-state index contributed by atoms with van der Waals surface area (Å²) in [6.45, 7) is 0.665. The quantitative estimate of drug-likeness (QED) is 0.685. The summed E-state index contributed by atoms with van der Waals surface area (Å²) < 4.78 is 4.98. The summed E-state index contributed by atoms with van der Waals surface area (Å²) in [6, 6.07) is 16.8. The average molecular weight is 372 g/mol. The molecule has 0 fully saturated rings. The van der Waals surface area contributed by atoms with Gasteiger partial charge in [0.05, 0.1) is 12.5 Å². The van der Waals surface area contributed by atoms with Crippen LogP contribution in [0.2, 0.25) is 0 Å². The number of fused-ring (bicyclic) bond motifs is 1. The van der Waals surface area contributed by atoms with Crippen LogP contribution >= 0.6 is 0 Å². The van der Waals surface area contributed by atoms with Gasteiger partial charge in [0.2, 0.25) is 5.91 Å². The molecule has 140 valence electrons. The van der Waals surface area contributed by atoms with Crippen molar-refractivity contribution in [3.63, 3.8) is 0 Å². The first kappa shape index (κ1) is 17.8. The summed E-state index contributed by atoms with van der Waals surface area (Å²) in [4.78, 5) is 26.9. The van der Waals surface area contributed by atoms with Crippen LogP contribution in [0.15, 0.2) is 77.6 Å². The lowest BCUT2D eigenvalue weighted by atomic mass is 10.00. The van der Waals surface area contributed by atoms with Crippen molar-refractivity contribution >= 4 is 29.3 Å². The Bertz CT molecular complexity index is 1010. The molecule has 0 bridgehead atoms. The molecule has 0 saturated carbocycles. The van der Waals surface area contributed by atoms with Crippen molar-refractivity contribution in [1.82, 2.24) is 0 Å². The van der Waals surface area contributed by atoms with E-state index in [2.05, 4.69) is 5.32 Å². The lowest BCUT2D eigenvalue weighted by molar-refractivity contribution is -0.111. The van der Waals surface area contributed by atoms with Gasteiger partial charge >= 0.3 is 0 Å². The molecule has 28 heavy (non-hydrogen) atoms. The average Bonchev–Trinajstić information content (AvgIpc) is 3.26. The molecule has 5 heteroatoms. The second-order valence-corrected chi connectivity index (χ2v) is 6.65. The van der Waals surface area contributed by atoms with Gasteiger partial charge < -0.3 is 14.6 Å². The number of nitrogens with zero attached hydrogens (tertiary/aromatic N) is 1. The lowest BCUT2D eigenvalue weighted by Gasteiger charge is -2.30. The number of carbonyl (C=O) groups is 2. The molecule has 0 saturated heterocycles. The smallest absolute Gasteiger partial charge is 0.258 e. The van der Waals surface area contributed by atoms with E-state index >= 15 is 0 Å². The van der Waals surface area contributed by atoms with Crippen molar-refractivity contribution in [2.45, 2.75) is 12.8 Å². The maximum absolute atomic E-state index is 12.9. The molecule has 0 atom stereocenters. The van der Waals surface area contributed by atoms with Crippen LogP contribution in [0.25, 0.3) is 6.08 Å². The third-order valence-electron chi connectivity index (χ3n) is 4.71. The molecular formula is C23H20N2O3. The van der Waals surface area contributed by atoms with E-state index < -0.39 is 0 Å². The van der Waals surface area contributed by atoms with Crippen molar-refractivity contribution < 1.29 is 14.0 Å². The molecule has 2 amide bonds. The van der Waals surface area contributed by atoms with Crippen molar-refractivity contribution in [2.75, 3.05) is 16.8 Å². The zero-order valence-electron chi connectivity index (χ0n) is 15.3. The summed E-state index contributed by atoms with van der Waals surface area (Å²) in [5.74, 6) is -0.261. The number of hydrogen-bond donors (Lipinski definition) is 1. The molecule has 5 nitrogen and oxygen atoms in total. The number of amides is 2. The minimum atomic E-state index is -0.238. The number of aryl methyl sites for hydroxylation is 1. The van der Waals surface area contributed by atoms with Gasteiger partial charge in [-0.2, -0.15) is 0 Å². The van der Waals surface area contributed by atoms with E-state index in [1.807, 2.05) is 48.5 Å². The third kappa shape index (κ3) is 3.88. The number of nitrogens with one attached hydrogen (secondary N) is 1. The first-order chi connectivity index (χ1) is 13.7. The highest BCUT2D eigenvalue weighted by atomic mass is 16.3. The SMILES string of the molecule is O=C(C=Cc1ccoc1)Nc1ccc2c(c1)N(C(=O)c1ccccc1)CCC2. The van der Waals surface area contributed by atoms with Crippen molar-refractivity contribution in [3.05, 3.63) is 89.9 Å². The summed E-state index contributed by atoms with van der Waals surface area (Å²) in [5, 5.41) is 2.86. The van der Waals surface area contributed by atoms with Gasteiger partial charge in [-0.05, 0) is 54.8 Å². The Kier molecular flexibility index (Phi) is 5.06. The highest BCUT2D eigenvalue weighted by Gasteiger charge is 2.24.